The zero-order chi connectivity index (χ0) is 33.6. The van der Waals surface area contributed by atoms with Crippen LogP contribution in [-0.2, 0) is 26.5 Å². The lowest BCUT2D eigenvalue weighted by Gasteiger charge is -2.35. The number of benzene rings is 2. The summed E-state index contributed by atoms with van der Waals surface area (Å²) in [6.07, 6.45) is 8.09. The fourth-order valence-electron chi connectivity index (χ4n) is 7.23. The summed E-state index contributed by atoms with van der Waals surface area (Å²) in [5.41, 5.74) is 0.657. The first kappa shape index (κ1) is 36.7. The average molecular weight is 654 g/mol. The lowest BCUT2D eigenvalue weighted by atomic mass is 9.77. The Morgan fingerprint density at radius 1 is 0.979 bits per heavy atom. The van der Waals surface area contributed by atoms with Crippen molar-refractivity contribution in [2.75, 3.05) is 47.6 Å². The van der Waals surface area contributed by atoms with E-state index in [0.717, 1.165) is 49.7 Å². The van der Waals surface area contributed by atoms with E-state index in [1.807, 2.05) is 42.5 Å². The molecule has 1 heterocycles. The second-order valence-electron chi connectivity index (χ2n) is 13.2. The number of ether oxygens (including phenoxy) is 3. The molecule has 10 nitrogen and oxygen atoms in total. The van der Waals surface area contributed by atoms with Crippen LogP contribution in [0.3, 0.4) is 0 Å². The predicted molar refractivity (Wildman–Crippen MR) is 181 cm³/mol. The van der Waals surface area contributed by atoms with Gasteiger partial charge < -0.3 is 40.0 Å². The van der Waals surface area contributed by atoms with Crippen LogP contribution in [0.4, 0.5) is 0 Å². The van der Waals surface area contributed by atoms with Crippen LogP contribution in [0, 0.1) is 11.8 Å². The van der Waals surface area contributed by atoms with Gasteiger partial charge in [-0.1, -0.05) is 62.4 Å². The van der Waals surface area contributed by atoms with Crippen molar-refractivity contribution < 1.29 is 34.0 Å². The van der Waals surface area contributed by atoms with Crippen molar-refractivity contribution in [3.63, 3.8) is 0 Å². The fraction of sp³-hybridized carbons (Fsp3) is 0.622. The number of rotatable bonds is 17. The predicted octanol–water partition coefficient (Wildman–Crippen LogP) is 4.16. The van der Waals surface area contributed by atoms with E-state index < -0.39 is 29.6 Å². The number of nitrogens with one attached hydrogen (secondary N) is 2. The third-order valence-electron chi connectivity index (χ3n) is 9.96. The smallest absolute Gasteiger partial charge is 0.311 e. The highest BCUT2D eigenvalue weighted by molar-refractivity contribution is 6.35. The highest BCUT2D eigenvalue weighted by Crippen LogP contribution is 2.40. The Morgan fingerprint density at radius 2 is 1.68 bits per heavy atom. The Bertz CT molecular complexity index is 1230. The van der Waals surface area contributed by atoms with E-state index in [0.29, 0.717) is 62.9 Å². The maximum atomic E-state index is 13.5. The van der Waals surface area contributed by atoms with Gasteiger partial charge >= 0.3 is 11.8 Å². The van der Waals surface area contributed by atoms with Gasteiger partial charge in [-0.3, -0.25) is 9.59 Å². The summed E-state index contributed by atoms with van der Waals surface area (Å²) >= 11 is 0. The summed E-state index contributed by atoms with van der Waals surface area (Å²) in [7, 11) is 4.88. The van der Waals surface area contributed by atoms with Crippen LogP contribution >= 0.6 is 0 Å². The van der Waals surface area contributed by atoms with Crippen LogP contribution in [0.1, 0.15) is 75.3 Å². The highest BCUT2D eigenvalue weighted by atomic mass is 16.5. The first-order valence-electron chi connectivity index (χ1n) is 17.2. The van der Waals surface area contributed by atoms with E-state index >= 15 is 0 Å². The summed E-state index contributed by atoms with van der Waals surface area (Å²) in [6.45, 7) is 2.03. The minimum Gasteiger partial charge on any atom is -0.497 e. The number of carbonyl (C=O) groups is 2. The Hall–Kier alpha value is -3.18. The lowest BCUT2D eigenvalue weighted by molar-refractivity contribution is -0.146. The third kappa shape index (κ3) is 10.4. The minimum absolute atomic E-state index is 0.202. The number of unbranched alkanes of at least 4 members (excludes halogenated alkanes) is 1. The second kappa shape index (κ2) is 18.4. The number of amides is 2. The van der Waals surface area contributed by atoms with Gasteiger partial charge in [0, 0.05) is 51.9 Å². The van der Waals surface area contributed by atoms with Gasteiger partial charge in [0.2, 0.25) is 0 Å². The van der Waals surface area contributed by atoms with Gasteiger partial charge in [0.05, 0.1) is 32.0 Å². The van der Waals surface area contributed by atoms with E-state index in [1.165, 1.54) is 6.42 Å². The minimum atomic E-state index is -1.11. The van der Waals surface area contributed by atoms with Gasteiger partial charge in [0.15, 0.2) is 0 Å². The summed E-state index contributed by atoms with van der Waals surface area (Å²) < 4.78 is 15.9. The molecular weight excluding hydrogens is 598 g/mol. The molecule has 10 heteroatoms. The first-order chi connectivity index (χ1) is 22.8. The van der Waals surface area contributed by atoms with Gasteiger partial charge in [-0.05, 0) is 61.3 Å². The van der Waals surface area contributed by atoms with Gasteiger partial charge in [-0.15, -0.1) is 0 Å². The van der Waals surface area contributed by atoms with Crippen LogP contribution in [0.25, 0.3) is 0 Å². The van der Waals surface area contributed by atoms with Crippen LogP contribution < -0.4 is 20.1 Å². The third-order valence-corrected chi connectivity index (χ3v) is 9.96. The van der Waals surface area contributed by atoms with Crippen molar-refractivity contribution in [2.24, 2.45) is 11.8 Å². The van der Waals surface area contributed by atoms with Crippen molar-refractivity contribution in [2.45, 2.75) is 88.5 Å². The van der Waals surface area contributed by atoms with Crippen LogP contribution in [0.15, 0.2) is 48.5 Å². The molecule has 2 unspecified atom stereocenters. The standard InChI is InChI=1S/C37H55N3O7/c1-45-19-11-10-17-37(44,29-14-8-5-9-15-29)30-16-18-40(26-30)36(43)35(42)39-33(22-27-12-6-4-7-13-27)34(41)25-38-24-28-20-31(46-2)23-32(21-28)47-3/h5,8-9,14-15,20-21,23,27,30,33-34,38,41,44H,4,6-7,10-13,16-19,22,24-26H2,1-3H3,(H,39,42)/t30?,33-,34+,37?/m0/s1. The Morgan fingerprint density at radius 3 is 2.34 bits per heavy atom. The monoisotopic (exact) mass is 653 g/mol. The van der Waals surface area contributed by atoms with E-state index in [2.05, 4.69) is 10.6 Å². The van der Waals surface area contributed by atoms with Crippen LogP contribution in [0.2, 0.25) is 0 Å². The number of carbonyl (C=O) groups excluding carboxylic acids is 2. The molecular formula is C37H55N3O7. The summed E-state index contributed by atoms with van der Waals surface area (Å²) in [6, 6.07) is 14.7. The van der Waals surface area contributed by atoms with Crippen LogP contribution in [0.5, 0.6) is 11.5 Å². The molecule has 2 aromatic carbocycles. The van der Waals surface area contributed by atoms with Crippen molar-refractivity contribution in [3.8, 4) is 11.5 Å². The number of nitrogens with zero attached hydrogens (tertiary/aromatic N) is 1. The summed E-state index contributed by atoms with van der Waals surface area (Å²) in [4.78, 5) is 28.5. The SMILES string of the molecule is COCCCCC(O)(c1ccccc1)C1CCN(C(=O)C(=O)N[C@@H](CC2CCCCC2)[C@H](O)CNCc2cc(OC)cc(OC)c2)C1. The van der Waals surface area contributed by atoms with Crippen molar-refractivity contribution in [1.82, 2.24) is 15.5 Å². The summed E-state index contributed by atoms with van der Waals surface area (Å²) in [5, 5.41) is 29.5. The molecule has 4 atom stereocenters. The molecule has 0 radical (unpaired) electrons. The topological polar surface area (TPSA) is 130 Å². The number of methoxy groups -OCH3 is 3. The zero-order valence-corrected chi connectivity index (χ0v) is 28.4. The zero-order valence-electron chi connectivity index (χ0n) is 28.4. The normalized spacial score (nSPS) is 19.5. The second-order valence-corrected chi connectivity index (χ2v) is 13.2. The number of aliphatic hydroxyl groups excluding tert-OH is 1. The molecule has 2 aliphatic rings. The fourth-order valence-corrected chi connectivity index (χ4v) is 7.23. The first-order valence-corrected chi connectivity index (χ1v) is 17.2. The Labute approximate surface area is 280 Å². The van der Waals surface area contributed by atoms with E-state index in [9.17, 15) is 19.8 Å². The molecule has 1 saturated heterocycles. The maximum Gasteiger partial charge on any atom is 0.311 e. The molecule has 4 rings (SSSR count). The molecule has 4 N–H and O–H groups in total. The maximum absolute atomic E-state index is 13.5. The van der Waals surface area contributed by atoms with E-state index in [-0.39, 0.29) is 12.5 Å². The van der Waals surface area contributed by atoms with Gasteiger partial charge in [-0.25, -0.2) is 0 Å². The highest BCUT2D eigenvalue weighted by Gasteiger charge is 2.44. The van der Waals surface area contributed by atoms with Crippen LogP contribution in [-0.4, -0.2) is 86.6 Å². The number of aliphatic hydroxyl groups is 2. The van der Waals surface area contributed by atoms with Crippen molar-refractivity contribution in [1.29, 1.82) is 0 Å². The molecule has 0 bridgehead atoms. The molecule has 260 valence electrons. The van der Waals surface area contributed by atoms with E-state index in [4.69, 9.17) is 14.2 Å². The average Bonchev–Trinajstić information content (AvgIpc) is 3.61. The molecule has 47 heavy (non-hydrogen) atoms. The Balaban J connectivity index is 1.39. The van der Waals surface area contributed by atoms with Gasteiger partial charge in [0.25, 0.3) is 0 Å². The van der Waals surface area contributed by atoms with Gasteiger partial charge in [-0.2, -0.15) is 0 Å². The molecule has 2 fully saturated rings. The molecule has 0 spiro atoms. The quantitative estimate of drug-likeness (QED) is 0.148. The van der Waals surface area contributed by atoms with Crippen molar-refractivity contribution in [3.05, 3.63) is 59.7 Å². The molecule has 2 aromatic rings. The Kier molecular flexibility index (Phi) is 14.3. The molecule has 1 aliphatic carbocycles. The molecule has 1 aliphatic heterocycles. The number of hydrogen-bond acceptors (Lipinski definition) is 8. The van der Waals surface area contributed by atoms with Gasteiger partial charge in [0.1, 0.15) is 11.5 Å². The molecule has 2 amide bonds. The number of hydrogen-bond donors (Lipinski definition) is 4. The lowest BCUT2D eigenvalue weighted by Crippen LogP contribution is -2.52. The molecule has 1 saturated carbocycles. The van der Waals surface area contributed by atoms with E-state index in [1.54, 1.807) is 32.3 Å². The molecule has 0 aromatic heterocycles. The van der Waals surface area contributed by atoms with Crippen molar-refractivity contribution >= 4 is 11.8 Å². The largest absolute Gasteiger partial charge is 0.497 e. The summed E-state index contributed by atoms with van der Waals surface area (Å²) in [5.74, 6) is 0.232. The number of likely N-dealkylation sites (tertiary alicyclic amines) is 1.